The minimum absolute atomic E-state index is 0.0344. The number of unbranched alkanes of at least 4 members (excludes halogenated alkanes) is 21. The number of rotatable bonds is 47. The predicted molar refractivity (Wildman–Crippen MR) is 272 cm³/mol. The summed E-state index contributed by atoms with van der Waals surface area (Å²) in [7, 11) is 5.41. The summed E-state index contributed by atoms with van der Waals surface area (Å²) in [5.74, 6) is -1.75. The molecule has 0 aliphatic carbocycles. The predicted octanol–water partition coefficient (Wildman–Crippen LogP) is 14.1. The summed E-state index contributed by atoms with van der Waals surface area (Å²) in [5.41, 5.74) is 0. The standard InChI is InChI=1S/C57H99NO7/c1-6-8-10-12-14-16-18-20-22-24-26-27-28-30-31-33-35-37-39-41-43-45-47-55(59)64-52-53(51-63-50-49-54(57(61)62)58(3,4)5)65-56(60)48-46-44-42-40-38-36-34-32-29-25-23-21-19-17-15-13-11-9-7-2/h9,11,14-17,20-23,26-27,53-54H,6-8,10,12-13,18-19,24-25,28-52H2,1-5H3/b11-9+,16-14+,17-15+,22-20+,23-21+,27-26+. The first-order valence-electron chi connectivity index (χ1n) is 26.5. The van der Waals surface area contributed by atoms with E-state index in [1.54, 1.807) is 21.1 Å². The Balaban J connectivity index is 4.24. The van der Waals surface area contributed by atoms with E-state index in [1.165, 1.54) is 103 Å². The van der Waals surface area contributed by atoms with Crippen LogP contribution >= 0.6 is 0 Å². The lowest BCUT2D eigenvalue weighted by atomic mass is 10.1. The molecule has 0 spiro atoms. The van der Waals surface area contributed by atoms with Crippen LogP contribution in [-0.4, -0.2) is 75.5 Å². The maximum absolute atomic E-state index is 12.8. The number of quaternary nitrogens is 1. The van der Waals surface area contributed by atoms with Gasteiger partial charge in [-0.05, 0) is 83.5 Å². The quantitative estimate of drug-likeness (QED) is 0.0259. The van der Waals surface area contributed by atoms with Crippen molar-refractivity contribution in [3.8, 4) is 0 Å². The zero-order valence-electron chi connectivity index (χ0n) is 42.6. The molecule has 0 N–H and O–H groups in total. The molecular formula is C57H99NO7. The Hall–Kier alpha value is -3.23. The van der Waals surface area contributed by atoms with Crippen LogP contribution in [0.1, 0.15) is 219 Å². The molecule has 0 saturated carbocycles. The number of hydrogen-bond acceptors (Lipinski definition) is 7. The molecule has 0 bridgehead atoms. The van der Waals surface area contributed by atoms with Gasteiger partial charge in [-0.15, -0.1) is 0 Å². The van der Waals surface area contributed by atoms with Crippen LogP contribution in [0.4, 0.5) is 0 Å². The van der Waals surface area contributed by atoms with E-state index in [0.29, 0.717) is 12.8 Å². The van der Waals surface area contributed by atoms with Gasteiger partial charge in [-0.2, -0.15) is 0 Å². The minimum atomic E-state index is -1.13. The second-order valence-corrected chi connectivity index (χ2v) is 18.7. The molecule has 65 heavy (non-hydrogen) atoms. The first-order valence-corrected chi connectivity index (χ1v) is 26.5. The second-order valence-electron chi connectivity index (χ2n) is 18.7. The Morgan fingerprint density at radius 1 is 0.477 bits per heavy atom. The third kappa shape index (κ3) is 45.7. The third-order valence-corrected chi connectivity index (χ3v) is 11.6. The summed E-state index contributed by atoms with van der Waals surface area (Å²) in [6.45, 7) is 4.53. The van der Waals surface area contributed by atoms with Crippen LogP contribution in [0.15, 0.2) is 72.9 Å². The summed E-state index contributed by atoms with van der Waals surface area (Å²) in [6, 6.07) is -0.731. The summed E-state index contributed by atoms with van der Waals surface area (Å²) in [5, 5.41) is 11.7. The van der Waals surface area contributed by atoms with Crippen LogP contribution in [0.2, 0.25) is 0 Å². The first-order chi connectivity index (χ1) is 31.6. The third-order valence-electron chi connectivity index (χ3n) is 11.6. The number of aliphatic carboxylic acids is 1. The lowest BCUT2D eigenvalue weighted by Gasteiger charge is -2.34. The number of nitrogens with zero attached hydrogens (tertiary/aromatic N) is 1. The Morgan fingerprint density at radius 3 is 1.28 bits per heavy atom. The molecule has 0 saturated heterocycles. The van der Waals surface area contributed by atoms with Gasteiger partial charge >= 0.3 is 11.9 Å². The second kappa shape index (κ2) is 47.3. The van der Waals surface area contributed by atoms with Gasteiger partial charge in [0.25, 0.3) is 0 Å². The van der Waals surface area contributed by atoms with Crippen LogP contribution in [0.25, 0.3) is 0 Å². The van der Waals surface area contributed by atoms with Gasteiger partial charge in [0.1, 0.15) is 12.6 Å². The Bertz CT molecular complexity index is 1290. The number of carbonyl (C=O) groups is 3. The normalized spacial score (nSPS) is 13.4. The van der Waals surface area contributed by atoms with Crippen molar-refractivity contribution >= 4 is 17.9 Å². The molecule has 0 fully saturated rings. The molecule has 0 aliphatic heterocycles. The average Bonchev–Trinajstić information content (AvgIpc) is 3.27. The van der Waals surface area contributed by atoms with Gasteiger partial charge < -0.3 is 28.6 Å². The van der Waals surface area contributed by atoms with Gasteiger partial charge in [-0.25, -0.2) is 0 Å². The van der Waals surface area contributed by atoms with Crippen LogP contribution in [0, 0.1) is 0 Å². The molecule has 0 aromatic heterocycles. The maximum atomic E-state index is 12.8. The Kier molecular flexibility index (Phi) is 44.9. The fraction of sp³-hybridized carbons (Fsp3) is 0.737. The highest BCUT2D eigenvalue weighted by Crippen LogP contribution is 2.15. The average molecular weight is 910 g/mol. The highest BCUT2D eigenvalue weighted by Gasteiger charge is 2.25. The van der Waals surface area contributed by atoms with Crippen molar-refractivity contribution in [3.05, 3.63) is 72.9 Å². The molecule has 2 atom stereocenters. The number of ether oxygens (including phenoxy) is 3. The molecule has 374 valence electrons. The van der Waals surface area contributed by atoms with Crippen molar-refractivity contribution in [1.82, 2.24) is 0 Å². The van der Waals surface area contributed by atoms with E-state index < -0.39 is 18.1 Å². The molecule has 0 amide bonds. The van der Waals surface area contributed by atoms with Gasteiger partial charge in [-0.3, -0.25) is 9.59 Å². The molecule has 0 radical (unpaired) electrons. The summed E-state index contributed by atoms with van der Waals surface area (Å²) in [6.07, 6.45) is 60.7. The van der Waals surface area contributed by atoms with E-state index in [2.05, 4.69) is 86.8 Å². The highest BCUT2D eigenvalue weighted by atomic mass is 16.6. The molecule has 0 aliphatic rings. The van der Waals surface area contributed by atoms with E-state index in [0.717, 1.165) is 83.5 Å². The van der Waals surface area contributed by atoms with Gasteiger partial charge in [0, 0.05) is 19.3 Å². The van der Waals surface area contributed by atoms with Crippen molar-refractivity contribution in [1.29, 1.82) is 0 Å². The van der Waals surface area contributed by atoms with Crippen molar-refractivity contribution < 1.29 is 38.2 Å². The van der Waals surface area contributed by atoms with Crippen LogP contribution < -0.4 is 5.11 Å². The largest absolute Gasteiger partial charge is 0.544 e. The van der Waals surface area contributed by atoms with E-state index in [-0.39, 0.29) is 42.7 Å². The monoisotopic (exact) mass is 910 g/mol. The van der Waals surface area contributed by atoms with Crippen LogP contribution in [0.3, 0.4) is 0 Å². The van der Waals surface area contributed by atoms with Crippen LogP contribution in [-0.2, 0) is 28.6 Å². The molecule has 8 heteroatoms. The van der Waals surface area contributed by atoms with Gasteiger partial charge in [0.2, 0.25) is 0 Å². The summed E-state index contributed by atoms with van der Waals surface area (Å²) >= 11 is 0. The molecule has 0 aromatic rings. The SMILES string of the molecule is CC/C=C/C/C=C/C/C=C/CCCCCCCCCCCC(=O)OC(COCCC(C(=O)[O-])[N+](C)(C)C)COC(=O)CCCCCCCCCCC/C=C/C/C=C/C/C=C/CCCCC. The zero-order chi connectivity index (χ0) is 47.7. The van der Waals surface area contributed by atoms with E-state index in [4.69, 9.17) is 14.2 Å². The van der Waals surface area contributed by atoms with Crippen molar-refractivity contribution in [2.75, 3.05) is 41.0 Å². The molecule has 0 heterocycles. The lowest BCUT2D eigenvalue weighted by Crippen LogP contribution is -2.55. The zero-order valence-corrected chi connectivity index (χ0v) is 42.6. The number of likely N-dealkylation sites (N-methyl/N-ethyl adjacent to an activating group) is 1. The lowest BCUT2D eigenvalue weighted by molar-refractivity contribution is -0.889. The number of esters is 2. The van der Waals surface area contributed by atoms with Gasteiger partial charge in [0.15, 0.2) is 6.10 Å². The fourth-order valence-electron chi connectivity index (χ4n) is 7.50. The van der Waals surface area contributed by atoms with E-state index >= 15 is 0 Å². The molecule has 2 unspecified atom stereocenters. The molecule has 8 nitrogen and oxygen atoms in total. The Morgan fingerprint density at radius 2 is 0.862 bits per heavy atom. The highest BCUT2D eigenvalue weighted by molar-refractivity contribution is 5.70. The number of hydrogen-bond donors (Lipinski definition) is 0. The van der Waals surface area contributed by atoms with Crippen LogP contribution in [0.5, 0.6) is 0 Å². The summed E-state index contributed by atoms with van der Waals surface area (Å²) < 4.78 is 17.3. The summed E-state index contributed by atoms with van der Waals surface area (Å²) in [4.78, 5) is 37.1. The topological polar surface area (TPSA) is 102 Å². The smallest absolute Gasteiger partial charge is 0.306 e. The molecule has 0 aromatic carbocycles. The van der Waals surface area contributed by atoms with Gasteiger partial charge in [-0.1, -0.05) is 189 Å². The number of carbonyl (C=O) groups excluding carboxylic acids is 3. The minimum Gasteiger partial charge on any atom is -0.544 e. The van der Waals surface area contributed by atoms with Crippen molar-refractivity contribution in [2.24, 2.45) is 0 Å². The number of carboxylic acids is 1. The number of carboxylic acid groups (broad SMARTS) is 1. The van der Waals surface area contributed by atoms with Crippen molar-refractivity contribution in [2.45, 2.75) is 231 Å². The molecular weight excluding hydrogens is 811 g/mol. The van der Waals surface area contributed by atoms with Crippen molar-refractivity contribution in [3.63, 3.8) is 0 Å². The maximum Gasteiger partial charge on any atom is 0.306 e. The molecule has 0 rings (SSSR count). The Labute approximate surface area is 400 Å². The van der Waals surface area contributed by atoms with E-state index in [1.807, 2.05) is 0 Å². The number of allylic oxidation sites excluding steroid dienone is 12. The first kappa shape index (κ1) is 61.8. The van der Waals surface area contributed by atoms with E-state index in [9.17, 15) is 19.5 Å². The van der Waals surface area contributed by atoms with Gasteiger partial charge in [0.05, 0.1) is 40.3 Å². The fourth-order valence-corrected chi connectivity index (χ4v) is 7.50.